The van der Waals surface area contributed by atoms with Crippen LogP contribution in [0.2, 0.25) is 0 Å². The predicted octanol–water partition coefficient (Wildman–Crippen LogP) is 3.66. The van der Waals surface area contributed by atoms with E-state index in [1.165, 1.54) is 0 Å². The molecule has 3 aromatic rings. The van der Waals surface area contributed by atoms with Gasteiger partial charge < -0.3 is 10.6 Å². The molecule has 2 N–H and O–H groups in total. The zero-order valence-electron chi connectivity index (χ0n) is 16.5. The van der Waals surface area contributed by atoms with Crippen LogP contribution in [0.15, 0.2) is 54.6 Å². The first-order chi connectivity index (χ1) is 13.9. The number of hydrogen-bond acceptors (Lipinski definition) is 4. The molecular formula is C22H22N4O3. The first-order valence-corrected chi connectivity index (χ1v) is 9.28. The summed E-state index contributed by atoms with van der Waals surface area (Å²) >= 11 is 0. The van der Waals surface area contributed by atoms with Crippen molar-refractivity contribution in [1.29, 1.82) is 0 Å². The Hall–Kier alpha value is -3.74. The summed E-state index contributed by atoms with van der Waals surface area (Å²) in [4.78, 5) is 36.9. The first-order valence-electron chi connectivity index (χ1n) is 9.28. The molecule has 0 radical (unpaired) electrons. The van der Waals surface area contributed by atoms with Crippen molar-refractivity contribution in [1.82, 2.24) is 9.78 Å². The lowest BCUT2D eigenvalue weighted by atomic mass is 10.1. The SMILES string of the molecule is CCC(=O)Nc1cccc(NC(=O)C(=O)c2c(C)nn(-c3ccccc3)c2C)c1. The van der Waals surface area contributed by atoms with Gasteiger partial charge >= 0.3 is 0 Å². The van der Waals surface area contributed by atoms with Crippen molar-refractivity contribution in [2.45, 2.75) is 27.2 Å². The maximum absolute atomic E-state index is 12.8. The molecule has 7 nitrogen and oxygen atoms in total. The number of carbonyl (C=O) groups is 3. The summed E-state index contributed by atoms with van der Waals surface area (Å²) in [6, 6.07) is 16.1. The lowest BCUT2D eigenvalue weighted by molar-refractivity contribution is -0.116. The molecule has 0 unspecified atom stereocenters. The molecule has 0 bridgehead atoms. The van der Waals surface area contributed by atoms with Gasteiger partial charge in [-0.1, -0.05) is 31.2 Å². The molecule has 0 saturated heterocycles. The van der Waals surface area contributed by atoms with Crippen molar-refractivity contribution >= 4 is 29.0 Å². The first kappa shape index (κ1) is 20.0. The van der Waals surface area contributed by atoms with Crippen molar-refractivity contribution in [2.24, 2.45) is 0 Å². The van der Waals surface area contributed by atoms with E-state index < -0.39 is 11.7 Å². The van der Waals surface area contributed by atoms with Gasteiger partial charge in [0.15, 0.2) is 0 Å². The van der Waals surface area contributed by atoms with Gasteiger partial charge in [0.05, 0.1) is 22.6 Å². The third kappa shape index (κ3) is 4.40. The second-order valence-corrected chi connectivity index (χ2v) is 6.56. The van der Waals surface area contributed by atoms with Crippen LogP contribution < -0.4 is 10.6 Å². The Morgan fingerprint density at radius 1 is 0.931 bits per heavy atom. The molecule has 2 amide bonds. The van der Waals surface area contributed by atoms with E-state index in [0.29, 0.717) is 29.2 Å². The summed E-state index contributed by atoms with van der Waals surface area (Å²) in [5.41, 5.74) is 3.14. The number of ketones is 1. The van der Waals surface area contributed by atoms with Gasteiger partial charge in [0.1, 0.15) is 0 Å². The molecule has 0 aliphatic carbocycles. The lowest BCUT2D eigenvalue weighted by Gasteiger charge is -2.08. The number of nitrogens with one attached hydrogen (secondary N) is 2. The van der Waals surface area contributed by atoms with Gasteiger partial charge in [0.2, 0.25) is 5.91 Å². The molecule has 0 saturated carbocycles. The van der Waals surface area contributed by atoms with E-state index in [-0.39, 0.29) is 11.5 Å². The summed E-state index contributed by atoms with van der Waals surface area (Å²) < 4.78 is 1.65. The Kier molecular flexibility index (Phi) is 5.87. The number of benzene rings is 2. The quantitative estimate of drug-likeness (QED) is 0.496. The monoisotopic (exact) mass is 390 g/mol. The second kappa shape index (κ2) is 8.52. The fourth-order valence-electron chi connectivity index (χ4n) is 3.02. The maximum atomic E-state index is 12.8. The van der Waals surface area contributed by atoms with E-state index in [0.717, 1.165) is 5.69 Å². The second-order valence-electron chi connectivity index (χ2n) is 6.56. The summed E-state index contributed by atoms with van der Waals surface area (Å²) in [6.45, 7) is 5.21. The van der Waals surface area contributed by atoms with Crippen LogP contribution in [0, 0.1) is 13.8 Å². The number of anilines is 2. The fraction of sp³-hybridized carbons (Fsp3) is 0.182. The van der Waals surface area contributed by atoms with Gasteiger partial charge in [0, 0.05) is 17.8 Å². The normalized spacial score (nSPS) is 10.4. The highest BCUT2D eigenvalue weighted by molar-refractivity contribution is 6.47. The Morgan fingerprint density at radius 2 is 1.59 bits per heavy atom. The fourth-order valence-corrected chi connectivity index (χ4v) is 3.02. The lowest BCUT2D eigenvalue weighted by Crippen LogP contribution is -2.24. The zero-order chi connectivity index (χ0) is 21.0. The van der Waals surface area contributed by atoms with Gasteiger partial charge in [-0.3, -0.25) is 14.4 Å². The van der Waals surface area contributed by atoms with Crippen molar-refractivity contribution in [2.75, 3.05) is 10.6 Å². The Bertz CT molecular complexity index is 1070. The summed E-state index contributed by atoms with van der Waals surface area (Å²) in [5.74, 6) is -1.56. The number of Topliss-reactive ketones (excluding diaryl/α,β-unsaturated/α-hetero) is 1. The minimum atomic E-state index is -0.761. The van der Waals surface area contributed by atoms with Crippen LogP contribution in [0.4, 0.5) is 11.4 Å². The predicted molar refractivity (Wildman–Crippen MR) is 111 cm³/mol. The molecule has 0 atom stereocenters. The highest BCUT2D eigenvalue weighted by Gasteiger charge is 2.25. The molecule has 0 aliphatic heterocycles. The summed E-state index contributed by atoms with van der Waals surface area (Å²) in [6.07, 6.45) is 0.346. The topological polar surface area (TPSA) is 93.1 Å². The molecule has 1 heterocycles. The van der Waals surface area contributed by atoms with Gasteiger partial charge in [-0.2, -0.15) is 5.10 Å². The molecule has 0 aliphatic rings. The third-order valence-corrected chi connectivity index (χ3v) is 4.45. The molecule has 0 spiro atoms. The average molecular weight is 390 g/mol. The number of hydrogen-bond donors (Lipinski definition) is 2. The van der Waals surface area contributed by atoms with Crippen LogP contribution in [0.3, 0.4) is 0 Å². The van der Waals surface area contributed by atoms with Crippen LogP contribution in [-0.2, 0) is 9.59 Å². The summed E-state index contributed by atoms with van der Waals surface area (Å²) in [5, 5.41) is 9.73. The van der Waals surface area contributed by atoms with E-state index in [9.17, 15) is 14.4 Å². The van der Waals surface area contributed by atoms with Crippen LogP contribution in [0.5, 0.6) is 0 Å². The van der Waals surface area contributed by atoms with Crippen LogP contribution in [-0.4, -0.2) is 27.4 Å². The third-order valence-electron chi connectivity index (χ3n) is 4.45. The van der Waals surface area contributed by atoms with Gasteiger partial charge in [-0.25, -0.2) is 4.68 Å². The number of aryl methyl sites for hydroxylation is 1. The molecule has 0 fully saturated rings. The highest BCUT2D eigenvalue weighted by atomic mass is 16.2. The van der Waals surface area contributed by atoms with Crippen molar-refractivity contribution in [3.05, 3.63) is 71.5 Å². The number of para-hydroxylation sites is 1. The van der Waals surface area contributed by atoms with Crippen molar-refractivity contribution in [3.8, 4) is 5.69 Å². The Morgan fingerprint density at radius 3 is 2.24 bits per heavy atom. The zero-order valence-corrected chi connectivity index (χ0v) is 16.5. The molecule has 148 valence electrons. The molecule has 3 rings (SSSR count). The molecule has 7 heteroatoms. The molecule has 1 aromatic heterocycles. The van der Waals surface area contributed by atoms with E-state index in [1.807, 2.05) is 30.3 Å². The summed E-state index contributed by atoms with van der Waals surface area (Å²) in [7, 11) is 0. The largest absolute Gasteiger partial charge is 0.326 e. The van der Waals surface area contributed by atoms with E-state index in [1.54, 1.807) is 49.7 Å². The van der Waals surface area contributed by atoms with Crippen LogP contribution >= 0.6 is 0 Å². The van der Waals surface area contributed by atoms with Gasteiger partial charge in [-0.05, 0) is 44.2 Å². The number of aromatic nitrogens is 2. The maximum Gasteiger partial charge on any atom is 0.296 e. The van der Waals surface area contributed by atoms with Crippen molar-refractivity contribution < 1.29 is 14.4 Å². The van der Waals surface area contributed by atoms with E-state index in [4.69, 9.17) is 0 Å². The van der Waals surface area contributed by atoms with Gasteiger partial charge in [0.25, 0.3) is 11.7 Å². The number of amides is 2. The van der Waals surface area contributed by atoms with Crippen LogP contribution in [0.1, 0.15) is 35.1 Å². The Balaban J connectivity index is 1.81. The van der Waals surface area contributed by atoms with Gasteiger partial charge in [-0.15, -0.1) is 0 Å². The van der Waals surface area contributed by atoms with E-state index in [2.05, 4.69) is 15.7 Å². The van der Waals surface area contributed by atoms with Crippen LogP contribution in [0.25, 0.3) is 5.69 Å². The average Bonchev–Trinajstić information content (AvgIpc) is 3.02. The Labute approximate surface area is 168 Å². The van der Waals surface area contributed by atoms with E-state index >= 15 is 0 Å². The number of carbonyl (C=O) groups excluding carboxylic acids is 3. The standard InChI is InChI=1S/C22H22N4O3/c1-4-19(27)23-16-9-8-10-17(13-16)24-22(29)21(28)20-14(2)25-26(15(20)3)18-11-6-5-7-12-18/h5-13H,4H2,1-3H3,(H,23,27)(H,24,29). The smallest absolute Gasteiger partial charge is 0.296 e. The molecular weight excluding hydrogens is 368 g/mol. The minimum Gasteiger partial charge on any atom is -0.326 e. The van der Waals surface area contributed by atoms with Crippen molar-refractivity contribution in [3.63, 3.8) is 0 Å². The number of rotatable bonds is 6. The molecule has 2 aromatic carbocycles. The number of nitrogens with zero attached hydrogens (tertiary/aromatic N) is 2. The molecule has 29 heavy (non-hydrogen) atoms. The highest BCUT2D eigenvalue weighted by Crippen LogP contribution is 2.20. The minimum absolute atomic E-state index is 0.135.